The molecule has 3 heterocycles. The number of halogens is 1. The Hall–Kier alpha value is -2.58. The normalized spacial score (nSPS) is 19.6. The number of nitrogens with zero attached hydrogens (tertiary/aromatic N) is 1. The highest BCUT2D eigenvalue weighted by molar-refractivity contribution is 7.17. The largest absolute Gasteiger partial charge is 0.469 e. The van der Waals surface area contributed by atoms with E-state index in [0.29, 0.717) is 22.6 Å². The lowest BCUT2D eigenvalue weighted by molar-refractivity contribution is -0.920. The minimum absolute atomic E-state index is 0.0289. The van der Waals surface area contributed by atoms with Gasteiger partial charge in [0.05, 0.1) is 31.5 Å². The van der Waals surface area contributed by atoms with Crippen molar-refractivity contribution in [3.8, 4) is 11.1 Å². The molecule has 1 aliphatic heterocycles. The predicted octanol–water partition coefficient (Wildman–Crippen LogP) is 1.76. The number of benzene rings is 1. The molecule has 0 atom stereocenters. The molecule has 0 bridgehead atoms. The van der Waals surface area contributed by atoms with Gasteiger partial charge in [0.2, 0.25) is 0 Å². The van der Waals surface area contributed by atoms with E-state index in [2.05, 4.69) is 9.97 Å². The van der Waals surface area contributed by atoms with E-state index < -0.39 is 0 Å². The predicted molar refractivity (Wildman–Crippen MR) is 105 cm³/mol. The summed E-state index contributed by atoms with van der Waals surface area (Å²) in [4.78, 5) is 33.9. The summed E-state index contributed by atoms with van der Waals surface area (Å²) in [6, 6.07) is 6.10. The van der Waals surface area contributed by atoms with E-state index >= 15 is 0 Å². The second-order valence-electron chi connectivity index (χ2n) is 7.07. The minimum atomic E-state index is -0.309. The number of nitrogens with one attached hydrogen (secondary N) is 2. The van der Waals surface area contributed by atoms with Gasteiger partial charge in [-0.1, -0.05) is 12.1 Å². The molecule has 1 saturated heterocycles. The van der Waals surface area contributed by atoms with Crippen LogP contribution in [0.2, 0.25) is 0 Å². The van der Waals surface area contributed by atoms with Crippen molar-refractivity contribution < 1.29 is 18.8 Å². The first kappa shape index (κ1) is 18.8. The van der Waals surface area contributed by atoms with Gasteiger partial charge in [-0.3, -0.25) is 9.59 Å². The highest BCUT2D eigenvalue weighted by Gasteiger charge is 2.28. The maximum Gasteiger partial charge on any atom is 0.309 e. The van der Waals surface area contributed by atoms with Crippen molar-refractivity contribution in [3.63, 3.8) is 0 Å². The third-order valence-electron chi connectivity index (χ3n) is 5.29. The first-order valence-electron chi connectivity index (χ1n) is 9.23. The van der Waals surface area contributed by atoms with E-state index in [1.54, 1.807) is 12.1 Å². The van der Waals surface area contributed by atoms with Gasteiger partial charge in [-0.2, -0.15) is 0 Å². The third-order valence-corrected chi connectivity index (χ3v) is 6.17. The molecular weight excluding hydrogens is 381 g/mol. The number of aromatic nitrogens is 2. The summed E-state index contributed by atoms with van der Waals surface area (Å²) in [5.41, 5.74) is 1.39. The smallest absolute Gasteiger partial charge is 0.309 e. The first-order valence-corrected chi connectivity index (χ1v) is 10.1. The fraction of sp³-hybridized carbons (Fsp3) is 0.350. The number of rotatable bonds is 4. The molecule has 146 valence electrons. The molecule has 0 spiro atoms. The topological polar surface area (TPSA) is 76.5 Å². The second kappa shape index (κ2) is 7.81. The summed E-state index contributed by atoms with van der Waals surface area (Å²) >= 11 is 1.42. The third kappa shape index (κ3) is 3.70. The zero-order chi connectivity index (χ0) is 19.7. The molecule has 1 aromatic carbocycles. The quantitative estimate of drug-likeness (QED) is 0.652. The van der Waals surface area contributed by atoms with Crippen molar-refractivity contribution >= 4 is 27.5 Å². The molecular formula is C20H21FN3O3S+. The number of esters is 1. The number of quaternary nitrogens is 1. The van der Waals surface area contributed by atoms with Crippen molar-refractivity contribution in [2.75, 3.05) is 20.2 Å². The molecule has 6 nitrogen and oxygen atoms in total. The Morgan fingerprint density at radius 3 is 2.71 bits per heavy atom. The highest BCUT2D eigenvalue weighted by Crippen LogP contribution is 2.30. The van der Waals surface area contributed by atoms with Gasteiger partial charge < -0.3 is 14.6 Å². The van der Waals surface area contributed by atoms with Crippen LogP contribution in [0.25, 0.3) is 21.3 Å². The number of carbonyl (C=O) groups is 1. The number of likely N-dealkylation sites (tertiary alicyclic amines) is 1. The molecule has 8 heteroatoms. The molecule has 0 aliphatic carbocycles. The minimum Gasteiger partial charge on any atom is -0.469 e. The molecule has 1 fully saturated rings. The molecule has 0 radical (unpaired) electrons. The Morgan fingerprint density at radius 2 is 2.04 bits per heavy atom. The molecule has 1 aliphatic rings. The zero-order valence-electron chi connectivity index (χ0n) is 15.5. The molecule has 2 N–H and O–H groups in total. The van der Waals surface area contributed by atoms with Gasteiger partial charge in [-0.25, -0.2) is 9.37 Å². The summed E-state index contributed by atoms with van der Waals surface area (Å²) in [6.07, 6.45) is 1.56. The van der Waals surface area contributed by atoms with E-state index in [9.17, 15) is 14.0 Å². The van der Waals surface area contributed by atoms with Crippen LogP contribution in [0.4, 0.5) is 4.39 Å². The molecule has 0 amide bonds. The first-order chi connectivity index (χ1) is 13.5. The molecule has 0 saturated carbocycles. The Balaban J connectivity index is 1.54. The van der Waals surface area contributed by atoms with Crippen molar-refractivity contribution in [1.82, 2.24) is 9.97 Å². The molecule has 0 unspecified atom stereocenters. The summed E-state index contributed by atoms with van der Waals surface area (Å²) in [5.74, 6) is 0.172. The number of fused-ring (bicyclic) bond motifs is 1. The van der Waals surface area contributed by atoms with Crippen LogP contribution in [-0.4, -0.2) is 36.1 Å². The van der Waals surface area contributed by atoms with Gasteiger partial charge in [-0.05, 0) is 17.7 Å². The van der Waals surface area contributed by atoms with Crippen LogP contribution in [0, 0.1) is 11.7 Å². The molecule has 28 heavy (non-hydrogen) atoms. The Bertz CT molecular complexity index is 1050. The van der Waals surface area contributed by atoms with Crippen LogP contribution < -0.4 is 10.5 Å². The van der Waals surface area contributed by atoms with Gasteiger partial charge in [0, 0.05) is 23.8 Å². The van der Waals surface area contributed by atoms with Gasteiger partial charge in [0.15, 0.2) is 5.82 Å². The lowest BCUT2D eigenvalue weighted by Crippen LogP contribution is -3.12. The fourth-order valence-electron chi connectivity index (χ4n) is 3.76. The molecule has 3 aromatic rings. The van der Waals surface area contributed by atoms with Crippen LogP contribution in [0.1, 0.15) is 18.7 Å². The number of hydrogen-bond donors (Lipinski definition) is 2. The number of H-pyrrole nitrogens is 1. The van der Waals surface area contributed by atoms with Crippen molar-refractivity contribution in [2.45, 2.75) is 19.4 Å². The van der Waals surface area contributed by atoms with Gasteiger partial charge in [-0.15, -0.1) is 11.3 Å². The zero-order valence-corrected chi connectivity index (χ0v) is 16.3. The average molecular weight is 402 g/mol. The SMILES string of the molecule is COC(=O)C1CC[NH+](Cc2nc3scc(-c4ccc(F)cc4)c3c(=O)[nH]2)CC1. The van der Waals surface area contributed by atoms with Crippen LogP contribution in [-0.2, 0) is 16.1 Å². The number of aromatic amines is 1. The summed E-state index contributed by atoms with van der Waals surface area (Å²) in [5, 5.41) is 2.43. The Labute approximate surface area is 165 Å². The van der Waals surface area contributed by atoms with Crippen molar-refractivity contribution in [3.05, 3.63) is 51.6 Å². The maximum atomic E-state index is 13.2. The highest BCUT2D eigenvalue weighted by atomic mass is 32.1. The van der Waals surface area contributed by atoms with Gasteiger partial charge in [0.1, 0.15) is 17.2 Å². The van der Waals surface area contributed by atoms with Crippen LogP contribution in [0.15, 0.2) is 34.4 Å². The van der Waals surface area contributed by atoms with Crippen LogP contribution in [0.3, 0.4) is 0 Å². The second-order valence-corrected chi connectivity index (χ2v) is 7.93. The lowest BCUT2D eigenvalue weighted by Gasteiger charge is -2.27. The average Bonchev–Trinajstić information content (AvgIpc) is 3.13. The lowest BCUT2D eigenvalue weighted by atomic mass is 9.97. The van der Waals surface area contributed by atoms with E-state index in [1.807, 2.05) is 5.38 Å². The van der Waals surface area contributed by atoms with Gasteiger partial charge in [0.25, 0.3) is 5.56 Å². The van der Waals surface area contributed by atoms with Crippen molar-refractivity contribution in [1.29, 1.82) is 0 Å². The number of piperidine rings is 1. The monoisotopic (exact) mass is 402 g/mol. The van der Waals surface area contributed by atoms with Gasteiger partial charge >= 0.3 is 5.97 Å². The molecule has 4 rings (SSSR count). The van der Waals surface area contributed by atoms with Crippen LogP contribution in [0.5, 0.6) is 0 Å². The number of thiophene rings is 1. The maximum absolute atomic E-state index is 13.2. The number of methoxy groups -OCH3 is 1. The Morgan fingerprint density at radius 1 is 1.32 bits per heavy atom. The van der Waals surface area contributed by atoms with E-state index in [4.69, 9.17) is 4.74 Å². The standard InChI is InChI=1S/C20H20FN3O3S/c1-27-20(26)13-6-8-24(9-7-13)10-16-22-18(25)17-15(11-28-19(17)23-16)12-2-4-14(21)5-3-12/h2-5,11,13H,6-10H2,1H3,(H,22,23,25)/p+1. The summed E-state index contributed by atoms with van der Waals surface area (Å²) in [6.45, 7) is 2.29. The van der Waals surface area contributed by atoms with Crippen molar-refractivity contribution in [2.24, 2.45) is 5.92 Å². The Kier molecular flexibility index (Phi) is 5.23. The summed E-state index contributed by atoms with van der Waals surface area (Å²) < 4.78 is 18.0. The van der Waals surface area contributed by atoms with Crippen LogP contribution >= 0.6 is 11.3 Å². The number of hydrogen-bond acceptors (Lipinski definition) is 5. The summed E-state index contributed by atoms with van der Waals surface area (Å²) in [7, 11) is 1.42. The fourth-order valence-corrected chi connectivity index (χ4v) is 4.73. The van der Waals surface area contributed by atoms with E-state index in [0.717, 1.165) is 37.1 Å². The number of carbonyl (C=O) groups excluding carboxylic acids is 1. The number of ether oxygens (including phenoxy) is 1. The van der Waals surface area contributed by atoms with E-state index in [-0.39, 0.29) is 23.3 Å². The molecule has 2 aromatic heterocycles. The van der Waals surface area contributed by atoms with E-state index in [1.165, 1.54) is 35.5 Å².